The van der Waals surface area contributed by atoms with Gasteiger partial charge in [-0.1, -0.05) is 12.1 Å². The Labute approximate surface area is 166 Å². The van der Waals surface area contributed by atoms with E-state index in [1.54, 1.807) is 35.2 Å². The van der Waals surface area contributed by atoms with Crippen LogP contribution in [0.2, 0.25) is 0 Å². The molecule has 2 aromatic carbocycles. The van der Waals surface area contributed by atoms with Gasteiger partial charge in [-0.15, -0.1) is 0 Å². The van der Waals surface area contributed by atoms with Crippen LogP contribution in [0.1, 0.15) is 10.5 Å². The van der Waals surface area contributed by atoms with E-state index in [0.717, 1.165) is 0 Å². The van der Waals surface area contributed by atoms with Crippen LogP contribution in [0.5, 0.6) is 0 Å². The molecule has 1 amide bonds. The number of halogens is 2. The number of aromatic nitrogens is 2. The monoisotopic (exact) mass is 395 g/mol. The van der Waals surface area contributed by atoms with E-state index in [1.165, 1.54) is 30.6 Å². The van der Waals surface area contributed by atoms with E-state index in [9.17, 15) is 13.6 Å². The first-order valence-corrected chi connectivity index (χ1v) is 9.23. The fourth-order valence-electron chi connectivity index (χ4n) is 3.20. The van der Waals surface area contributed by atoms with Gasteiger partial charge in [0.15, 0.2) is 0 Å². The number of carbonyl (C=O) groups is 1. The number of rotatable bonds is 4. The van der Waals surface area contributed by atoms with E-state index >= 15 is 0 Å². The molecule has 1 N–H and O–H groups in total. The molecule has 6 nitrogen and oxygen atoms in total. The number of para-hydroxylation sites is 1. The quantitative estimate of drug-likeness (QED) is 0.733. The van der Waals surface area contributed by atoms with Gasteiger partial charge < -0.3 is 15.1 Å². The van der Waals surface area contributed by atoms with Crippen molar-refractivity contribution < 1.29 is 13.6 Å². The normalized spacial score (nSPS) is 14.0. The molecule has 1 fully saturated rings. The van der Waals surface area contributed by atoms with Crippen molar-refractivity contribution >= 4 is 23.1 Å². The molecule has 148 valence electrons. The molecule has 1 aliphatic heterocycles. The number of amides is 1. The van der Waals surface area contributed by atoms with Crippen LogP contribution in [-0.2, 0) is 0 Å². The number of benzene rings is 2. The minimum absolute atomic E-state index is 0.209. The minimum atomic E-state index is -0.322. The summed E-state index contributed by atoms with van der Waals surface area (Å²) in [6.45, 7) is 2.05. The van der Waals surface area contributed by atoms with Crippen LogP contribution in [-0.4, -0.2) is 47.0 Å². The van der Waals surface area contributed by atoms with E-state index < -0.39 is 0 Å². The molecule has 0 unspecified atom stereocenters. The van der Waals surface area contributed by atoms with Crippen LogP contribution < -0.4 is 10.2 Å². The number of nitrogens with one attached hydrogen (secondary N) is 1. The number of hydrogen-bond acceptors (Lipinski definition) is 5. The smallest absolute Gasteiger partial charge is 0.274 e. The molecule has 1 aromatic heterocycles. The van der Waals surface area contributed by atoms with Crippen LogP contribution in [0.3, 0.4) is 0 Å². The second-order valence-corrected chi connectivity index (χ2v) is 6.65. The highest BCUT2D eigenvalue weighted by molar-refractivity contribution is 5.92. The van der Waals surface area contributed by atoms with Gasteiger partial charge in [0.05, 0.1) is 18.1 Å². The Bertz CT molecular complexity index is 987. The van der Waals surface area contributed by atoms with Crippen LogP contribution in [0.4, 0.5) is 26.0 Å². The summed E-state index contributed by atoms with van der Waals surface area (Å²) in [5.74, 6) is -0.336. The Morgan fingerprint density at radius 3 is 2.28 bits per heavy atom. The standard InChI is InChI=1S/C21H19F2N5O/c22-15-5-7-16(8-6-15)26-20-14-24-18(13-25-20)21(29)28-11-9-27(10-12-28)19-4-2-1-3-17(19)23/h1-8,13-14H,9-12H2,(H,25,26). The molecule has 1 saturated heterocycles. The fraction of sp³-hybridized carbons (Fsp3) is 0.190. The van der Waals surface area contributed by atoms with Crippen molar-refractivity contribution in [3.63, 3.8) is 0 Å². The fourth-order valence-corrected chi connectivity index (χ4v) is 3.20. The SMILES string of the molecule is O=C(c1cnc(Nc2ccc(F)cc2)cn1)N1CCN(c2ccccc2F)CC1. The molecular weight excluding hydrogens is 376 g/mol. The van der Waals surface area contributed by atoms with Gasteiger partial charge in [-0.3, -0.25) is 4.79 Å². The number of piperazine rings is 1. The van der Waals surface area contributed by atoms with Crippen molar-refractivity contribution in [1.82, 2.24) is 14.9 Å². The van der Waals surface area contributed by atoms with Gasteiger partial charge in [0, 0.05) is 31.9 Å². The van der Waals surface area contributed by atoms with Crippen molar-refractivity contribution in [3.8, 4) is 0 Å². The molecule has 0 aliphatic carbocycles. The van der Waals surface area contributed by atoms with Crippen LogP contribution in [0.25, 0.3) is 0 Å². The second kappa shape index (κ2) is 8.22. The van der Waals surface area contributed by atoms with Gasteiger partial charge in [-0.2, -0.15) is 0 Å². The molecule has 0 saturated carbocycles. The van der Waals surface area contributed by atoms with Crippen molar-refractivity contribution in [2.75, 3.05) is 36.4 Å². The van der Waals surface area contributed by atoms with Crippen molar-refractivity contribution in [1.29, 1.82) is 0 Å². The molecular formula is C21H19F2N5O. The van der Waals surface area contributed by atoms with E-state index in [4.69, 9.17) is 0 Å². The molecule has 0 radical (unpaired) electrons. The zero-order valence-electron chi connectivity index (χ0n) is 15.6. The number of hydrogen-bond donors (Lipinski definition) is 1. The van der Waals surface area contributed by atoms with E-state index in [2.05, 4.69) is 15.3 Å². The highest BCUT2D eigenvalue weighted by Gasteiger charge is 2.24. The van der Waals surface area contributed by atoms with Crippen LogP contribution >= 0.6 is 0 Å². The first kappa shape index (κ1) is 18.8. The lowest BCUT2D eigenvalue weighted by Crippen LogP contribution is -2.49. The van der Waals surface area contributed by atoms with Crippen molar-refractivity contribution in [3.05, 3.63) is 78.3 Å². The maximum absolute atomic E-state index is 13.9. The number of nitrogens with zero attached hydrogens (tertiary/aromatic N) is 4. The molecule has 0 bridgehead atoms. The minimum Gasteiger partial charge on any atom is -0.366 e. The third-order valence-corrected chi connectivity index (χ3v) is 4.75. The second-order valence-electron chi connectivity index (χ2n) is 6.65. The number of carbonyl (C=O) groups excluding carboxylic acids is 1. The Hall–Kier alpha value is -3.55. The summed E-state index contributed by atoms with van der Waals surface area (Å²) in [5.41, 5.74) is 1.47. The topological polar surface area (TPSA) is 61.4 Å². The molecule has 0 spiro atoms. The lowest BCUT2D eigenvalue weighted by molar-refractivity contribution is 0.0740. The Morgan fingerprint density at radius 1 is 0.897 bits per heavy atom. The molecule has 1 aliphatic rings. The Kier molecular flexibility index (Phi) is 5.33. The molecule has 8 heteroatoms. The summed E-state index contributed by atoms with van der Waals surface area (Å²) in [5, 5.41) is 3.00. The lowest BCUT2D eigenvalue weighted by Gasteiger charge is -2.36. The van der Waals surface area contributed by atoms with E-state index in [1.807, 2.05) is 4.90 Å². The van der Waals surface area contributed by atoms with Gasteiger partial charge in [0.25, 0.3) is 5.91 Å². The zero-order valence-corrected chi connectivity index (χ0v) is 15.6. The van der Waals surface area contributed by atoms with Gasteiger partial charge in [-0.05, 0) is 36.4 Å². The predicted octanol–water partition coefficient (Wildman–Crippen LogP) is 3.46. The summed E-state index contributed by atoms with van der Waals surface area (Å²) in [6.07, 6.45) is 2.88. The highest BCUT2D eigenvalue weighted by atomic mass is 19.1. The Morgan fingerprint density at radius 2 is 1.62 bits per heavy atom. The summed E-state index contributed by atoms with van der Waals surface area (Å²) in [7, 11) is 0. The summed E-state index contributed by atoms with van der Waals surface area (Å²) < 4.78 is 26.9. The highest BCUT2D eigenvalue weighted by Crippen LogP contribution is 2.21. The van der Waals surface area contributed by atoms with Gasteiger partial charge in [0.1, 0.15) is 23.1 Å². The summed E-state index contributed by atoms with van der Waals surface area (Å²) >= 11 is 0. The molecule has 4 rings (SSSR count). The first-order chi connectivity index (χ1) is 14.1. The molecule has 3 aromatic rings. The maximum atomic E-state index is 13.9. The third kappa shape index (κ3) is 4.31. The summed E-state index contributed by atoms with van der Waals surface area (Å²) in [4.78, 5) is 24.7. The van der Waals surface area contributed by atoms with Gasteiger partial charge in [-0.25, -0.2) is 18.7 Å². The van der Waals surface area contributed by atoms with Crippen LogP contribution in [0, 0.1) is 11.6 Å². The van der Waals surface area contributed by atoms with Crippen LogP contribution in [0.15, 0.2) is 60.9 Å². The van der Waals surface area contributed by atoms with Gasteiger partial charge >= 0.3 is 0 Å². The van der Waals surface area contributed by atoms with E-state index in [-0.39, 0.29) is 23.2 Å². The average molecular weight is 395 g/mol. The van der Waals surface area contributed by atoms with Crippen molar-refractivity contribution in [2.24, 2.45) is 0 Å². The lowest BCUT2D eigenvalue weighted by atomic mass is 10.2. The van der Waals surface area contributed by atoms with E-state index in [0.29, 0.717) is 43.4 Å². The molecule has 29 heavy (non-hydrogen) atoms. The number of anilines is 3. The summed E-state index contributed by atoms with van der Waals surface area (Å²) in [6, 6.07) is 12.5. The predicted molar refractivity (Wildman–Crippen MR) is 106 cm³/mol. The molecule has 0 atom stereocenters. The average Bonchev–Trinajstić information content (AvgIpc) is 2.76. The Balaban J connectivity index is 1.36. The molecule has 2 heterocycles. The largest absolute Gasteiger partial charge is 0.366 e. The van der Waals surface area contributed by atoms with Gasteiger partial charge in [0.2, 0.25) is 0 Å². The third-order valence-electron chi connectivity index (χ3n) is 4.75. The first-order valence-electron chi connectivity index (χ1n) is 9.23. The zero-order chi connectivity index (χ0) is 20.2. The maximum Gasteiger partial charge on any atom is 0.274 e. The van der Waals surface area contributed by atoms with Crippen molar-refractivity contribution in [2.45, 2.75) is 0 Å².